The van der Waals surface area contributed by atoms with Crippen molar-refractivity contribution in [2.75, 3.05) is 13.7 Å². The van der Waals surface area contributed by atoms with E-state index in [4.69, 9.17) is 10.5 Å². The maximum absolute atomic E-state index is 12.2. The van der Waals surface area contributed by atoms with Gasteiger partial charge in [-0.25, -0.2) is 13.1 Å². The lowest BCUT2D eigenvalue weighted by Crippen LogP contribution is -2.28. The largest absolute Gasteiger partial charge is 0.495 e. The van der Waals surface area contributed by atoms with Crippen molar-refractivity contribution in [3.8, 4) is 5.75 Å². The number of sulfonamides is 1. The van der Waals surface area contributed by atoms with Crippen LogP contribution in [-0.4, -0.2) is 22.1 Å². The molecule has 5 nitrogen and oxygen atoms in total. The number of nitrogens with one attached hydrogen (secondary N) is 1. The molecule has 0 bridgehead atoms. The molecule has 1 aromatic rings. The third-order valence-corrected chi connectivity index (χ3v) is 3.88. The summed E-state index contributed by atoms with van der Waals surface area (Å²) >= 11 is 0. The molecule has 1 rings (SSSR count). The molecule has 0 aromatic heterocycles. The van der Waals surface area contributed by atoms with E-state index < -0.39 is 10.0 Å². The Hall–Kier alpha value is -1.11. The average molecular weight is 272 g/mol. The van der Waals surface area contributed by atoms with Crippen LogP contribution in [0, 0.1) is 5.92 Å². The predicted octanol–water partition coefficient (Wildman–Crippen LogP) is 1.09. The molecule has 0 heterocycles. The van der Waals surface area contributed by atoms with Crippen molar-refractivity contribution >= 4 is 10.0 Å². The minimum atomic E-state index is -3.56. The normalized spacial score (nSPS) is 11.8. The van der Waals surface area contributed by atoms with E-state index in [1.807, 2.05) is 13.8 Å². The summed E-state index contributed by atoms with van der Waals surface area (Å²) in [7, 11) is -2.12. The Morgan fingerprint density at radius 1 is 1.39 bits per heavy atom. The van der Waals surface area contributed by atoms with Gasteiger partial charge in [-0.2, -0.15) is 0 Å². The van der Waals surface area contributed by atoms with Gasteiger partial charge in [-0.05, 0) is 23.6 Å². The molecule has 3 N–H and O–H groups in total. The first-order chi connectivity index (χ1) is 8.40. The lowest BCUT2D eigenvalue weighted by atomic mass is 10.2. The molecule has 0 fully saturated rings. The van der Waals surface area contributed by atoms with Crippen LogP contribution in [0.1, 0.15) is 19.4 Å². The number of hydrogen-bond donors (Lipinski definition) is 2. The third-order valence-electron chi connectivity index (χ3n) is 2.43. The summed E-state index contributed by atoms with van der Waals surface area (Å²) < 4.78 is 31.9. The van der Waals surface area contributed by atoms with E-state index in [9.17, 15) is 8.42 Å². The highest BCUT2D eigenvalue weighted by molar-refractivity contribution is 7.89. The molecule has 0 spiro atoms. The van der Waals surface area contributed by atoms with Crippen molar-refractivity contribution in [3.05, 3.63) is 23.8 Å². The number of hydrogen-bond acceptors (Lipinski definition) is 4. The quantitative estimate of drug-likeness (QED) is 0.812. The molecule has 0 saturated carbocycles. The topological polar surface area (TPSA) is 81.4 Å². The van der Waals surface area contributed by atoms with Crippen LogP contribution in [0.25, 0.3) is 0 Å². The van der Waals surface area contributed by atoms with Gasteiger partial charge in [0.05, 0.1) is 7.11 Å². The van der Waals surface area contributed by atoms with Gasteiger partial charge in [-0.15, -0.1) is 0 Å². The number of ether oxygens (including phenoxy) is 1. The van der Waals surface area contributed by atoms with Crippen LogP contribution >= 0.6 is 0 Å². The Bertz CT molecular complexity index is 498. The predicted molar refractivity (Wildman–Crippen MR) is 70.9 cm³/mol. The molecular weight excluding hydrogens is 252 g/mol. The summed E-state index contributed by atoms with van der Waals surface area (Å²) in [5.74, 6) is 0.562. The second-order valence-electron chi connectivity index (χ2n) is 4.44. The smallest absolute Gasteiger partial charge is 0.244 e. The highest BCUT2D eigenvalue weighted by atomic mass is 32.2. The third kappa shape index (κ3) is 3.69. The highest BCUT2D eigenvalue weighted by Gasteiger charge is 2.19. The van der Waals surface area contributed by atoms with Crippen LogP contribution in [0.2, 0.25) is 0 Å². The molecule has 18 heavy (non-hydrogen) atoms. The lowest BCUT2D eigenvalue weighted by Gasteiger charge is -2.13. The van der Waals surface area contributed by atoms with E-state index in [2.05, 4.69) is 4.72 Å². The first kappa shape index (κ1) is 14.9. The molecule has 0 radical (unpaired) electrons. The minimum absolute atomic E-state index is 0.133. The van der Waals surface area contributed by atoms with Gasteiger partial charge >= 0.3 is 0 Å². The molecule has 0 saturated heterocycles. The number of benzene rings is 1. The van der Waals surface area contributed by atoms with Gasteiger partial charge in [0.1, 0.15) is 10.6 Å². The molecular formula is C12H20N2O3S. The van der Waals surface area contributed by atoms with Crippen LogP contribution in [0.5, 0.6) is 5.75 Å². The zero-order valence-electron chi connectivity index (χ0n) is 10.9. The standard InChI is InChI=1S/C12H20N2O3S/c1-9(2)8-14-18(15,16)12-6-10(7-13)4-5-11(12)17-3/h4-6,9,14H,7-8,13H2,1-3H3. The Kier molecular flexibility index (Phi) is 5.13. The first-order valence-electron chi connectivity index (χ1n) is 5.77. The number of nitrogens with two attached hydrogens (primary N) is 1. The molecule has 0 aliphatic rings. The fourth-order valence-corrected chi connectivity index (χ4v) is 2.84. The number of rotatable bonds is 6. The van der Waals surface area contributed by atoms with E-state index in [0.29, 0.717) is 12.3 Å². The Morgan fingerprint density at radius 2 is 2.06 bits per heavy atom. The van der Waals surface area contributed by atoms with Crippen molar-refractivity contribution in [3.63, 3.8) is 0 Å². The fraction of sp³-hybridized carbons (Fsp3) is 0.500. The van der Waals surface area contributed by atoms with Gasteiger partial charge in [-0.1, -0.05) is 19.9 Å². The maximum atomic E-state index is 12.2. The average Bonchev–Trinajstić information content (AvgIpc) is 2.35. The summed E-state index contributed by atoms with van der Waals surface area (Å²) in [6.07, 6.45) is 0. The summed E-state index contributed by atoms with van der Waals surface area (Å²) in [6, 6.07) is 4.91. The summed E-state index contributed by atoms with van der Waals surface area (Å²) in [5.41, 5.74) is 6.27. The summed E-state index contributed by atoms with van der Waals surface area (Å²) in [5, 5.41) is 0. The molecule has 1 aromatic carbocycles. The summed E-state index contributed by atoms with van der Waals surface area (Å²) in [6.45, 7) is 4.56. The molecule has 0 unspecified atom stereocenters. The van der Waals surface area contributed by atoms with Gasteiger partial charge in [0, 0.05) is 13.1 Å². The zero-order chi connectivity index (χ0) is 13.8. The van der Waals surface area contributed by atoms with E-state index in [1.54, 1.807) is 18.2 Å². The van der Waals surface area contributed by atoms with E-state index in [0.717, 1.165) is 5.56 Å². The van der Waals surface area contributed by atoms with E-state index in [1.165, 1.54) is 7.11 Å². The van der Waals surface area contributed by atoms with Crippen LogP contribution < -0.4 is 15.2 Å². The van der Waals surface area contributed by atoms with E-state index >= 15 is 0 Å². The van der Waals surface area contributed by atoms with E-state index in [-0.39, 0.29) is 17.4 Å². The lowest BCUT2D eigenvalue weighted by molar-refractivity contribution is 0.402. The molecule has 0 amide bonds. The van der Waals surface area contributed by atoms with Crippen LogP contribution in [0.4, 0.5) is 0 Å². The van der Waals surface area contributed by atoms with Crippen LogP contribution in [0.15, 0.2) is 23.1 Å². The Labute approximate surface area is 108 Å². The van der Waals surface area contributed by atoms with Crippen molar-refractivity contribution in [1.29, 1.82) is 0 Å². The van der Waals surface area contributed by atoms with Crippen molar-refractivity contribution in [2.24, 2.45) is 11.7 Å². The summed E-state index contributed by atoms with van der Waals surface area (Å²) in [4.78, 5) is 0.133. The van der Waals surface area contributed by atoms with Gasteiger partial charge in [0.2, 0.25) is 10.0 Å². The van der Waals surface area contributed by atoms with Crippen molar-refractivity contribution < 1.29 is 13.2 Å². The van der Waals surface area contributed by atoms with Gasteiger partial charge in [-0.3, -0.25) is 0 Å². The fourth-order valence-electron chi connectivity index (χ4n) is 1.41. The Morgan fingerprint density at radius 3 is 2.56 bits per heavy atom. The monoisotopic (exact) mass is 272 g/mol. The minimum Gasteiger partial charge on any atom is -0.495 e. The van der Waals surface area contributed by atoms with Crippen LogP contribution in [-0.2, 0) is 16.6 Å². The molecule has 6 heteroatoms. The van der Waals surface area contributed by atoms with Crippen LogP contribution in [0.3, 0.4) is 0 Å². The van der Waals surface area contributed by atoms with Gasteiger partial charge in [0.15, 0.2) is 0 Å². The Balaban J connectivity index is 3.12. The molecule has 0 aliphatic heterocycles. The zero-order valence-corrected chi connectivity index (χ0v) is 11.8. The second kappa shape index (κ2) is 6.17. The SMILES string of the molecule is COc1ccc(CN)cc1S(=O)(=O)NCC(C)C. The highest BCUT2D eigenvalue weighted by Crippen LogP contribution is 2.24. The first-order valence-corrected chi connectivity index (χ1v) is 7.25. The van der Waals surface area contributed by atoms with Gasteiger partial charge < -0.3 is 10.5 Å². The van der Waals surface area contributed by atoms with Gasteiger partial charge in [0.25, 0.3) is 0 Å². The van der Waals surface area contributed by atoms with Crippen molar-refractivity contribution in [1.82, 2.24) is 4.72 Å². The molecule has 0 aliphatic carbocycles. The number of methoxy groups -OCH3 is 1. The molecule has 0 atom stereocenters. The second-order valence-corrected chi connectivity index (χ2v) is 6.17. The molecule has 102 valence electrons. The van der Waals surface area contributed by atoms with Crippen molar-refractivity contribution in [2.45, 2.75) is 25.3 Å². The maximum Gasteiger partial charge on any atom is 0.244 e.